The summed E-state index contributed by atoms with van der Waals surface area (Å²) in [5.74, 6) is -0.909. The van der Waals surface area contributed by atoms with E-state index in [2.05, 4.69) is 10.6 Å². The second-order valence-corrected chi connectivity index (χ2v) is 7.20. The van der Waals surface area contributed by atoms with Gasteiger partial charge in [0, 0.05) is 22.2 Å². The van der Waals surface area contributed by atoms with E-state index in [9.17, 15) is 19.7 Å². The Balaban J connectivity index is 1.82. The average molecular weight is 422 g/mol. The topological polar surface area (TPSA) is 127 Å². The standard InChI is InChI=1S/C21H18N4O4S/c22-20(26)13-30-19-9-5-4-8-17(19)24-21(27)14-10-11-16(18(12-14)25(28)29)23-15-6-2-1-3-7-15/h1-12,23H,13H2,(H2,22,26)(H,24,27). The van der Waals surface area contributed by atoms with Crippen molar-refractivity contribution in [2.24, 2.45) is 5.73 Å². The van der Waals surface area contributed by atoms with E-state index >= 15 is 0 Å². The number of carbonyl (C=O) groups excluding carboxylic acids is 2. The number of benzene rings is 3. The highest BCUT2D eigenvalue weighted by atomic mass is 32.2. The molecule has 0 aliphatic carbocycles. The Labute approximate surface area is 176 Å². The summed E-state index contributed by atoms with van der Waals surface area (Å²) in [7, 11) is 0. The zero-order valence-electron chi connectivity index (χ0n) is 15.7. The fraction of sp³-hybridized carbons (Fsp3) is 0.0476. The summed E-state index contributed by atoms with van der Waals surface area (Å²) in [6.45, 7) is 0. The molecule has 0 aliphatic rings. The van der Waals surface area contributed by atoms with Crippen LogP contribution in [-0.4, -0.2) is 22.5 Å². The molecule has 0 saturated heterocycles. The predicted octanol–water partition coefficient (Wildman–Crippen LogP) is 4.17. The van der Waals surface area contributed by atoms with Crippen LogP contribution in [0.15, 0.2) is 77.7 Å². The quantitative estimate of drug-likeness (QED) is 0.284. The molecule has 0 aliphatic heterocycles. The number of carbonyl (C=O) groups is 2. The van der Waals surface area contributed by atoms with Crippen molar-refractivity contribution in [3.63, 3.8) is 0 Å². The van der Waals surface area contributed by atoms with Crippen LogP contribution in [0, 0.1) is 10.1 Å². The largest absolute Gasteiger partial charge is 0.369 e. The lowest BCUT2D eigenvalue weighted by Crippen LogP contribution is -2.15. The molecule has 30 heavy (non-hydrogen) atoms. The minimum Gasteiger partial charge on any atom is -0.369 e. The van der Waals surface area contributed by atoms with Crippen LogP contribution in [0.3, 0.4) is 0 Å². The van der Waals surface area contributed by atoms with Crippen LogP contribution < -0.4 is 16.4 Å². The van der Waals surface area contributed by atoms with Gasteiger partial charge in [-0.1, -0.05) is 30.3 Å². The van der Waals surface area contributed by atoms with Gasteiger partial charge in [-0.3, -0.25) is 19.7 Å². The fourth-order valence-corrected chi connectivity index (χ4v) is 3.39. The highest BCUT2D eigenvalue weighted by Crippen LogP contribution is 2.30. The maximum absolute atomic E-state index is 12.7. The van der Waals surface area contributed by atoms with Crippen molar-refractivity contribution in [3.8, 4) is 0 Å². The maximum Gasteiger partial charge on any atom is 0.293 e. The van der Waals surface area contributed by atoms with E-state index in [0.29, 0.717) is 16.3 Å². The number of para-hydroxylation sites is 2. The first kappa shape index (κ1) is 20.9. The van der Waals surface area contributed by atoms with E-state index in [1.807, 2.05) is 18.2 Å². The molecule has 2 amide bonds. The molecular weight excluding hydrogens is 404 g/mol. The summed E-state index contributed by atoms with van der Waals surface area (Å²) in [5, 5.41) is 17.3. The number of rotatable bonds is 8. The number of nitrogens with one attached hydrogen (secondary N) is 2. The molecule has 0 atom stereocenters. The lowest BCUT2D eigenvalue weighted by Gasteiger charge is -2.11. The summed E-state index contributed by atoms with van der Waals surface area (Å²) in [6, 6.07) is 20.2. The van der Waals surface area contributed by atoms with Crippen molar-refractivity contribution in [2.45, 2.75) is 4.90 Å². The summed E-state index contributed by atoms with van der Waals surface area (Å²) in [6.07, 6.45) is 0. The predicted molar refractivity (Wildman–Crippen MR) is 117 cm³/mol. The van der Waals surface area contributed by atoms with Gasteiger partial charge in [-0.05, 0) is 36.4 Å². The lowest BCUT2D eigenvalue weighted by molar-refractivity contribution is -0.383. The van der Waals surface area contributed by atoms with E-state index in [1.54, 1.807) is 36.4 Å². The summed E-state index contributed by atoms with van der Waals surface area (Å²) >= 11 is 1.20. The summed E-state index contributed by atoms with van der Waals surface area (Å²) < 4.78 is 0. The summed E-state index contributed by atoms with van der Waals surface area (Å²) in [4.78, 5) is 35.4. The van der Waals surface area contributed by atoms with Crippen molar-refractivity contribution in [1.82, 2.24) is 0 Å². The van der Waals surface area contributed by atoms with Gasteiger partial charge in [0.1, 0.15) is 5.69 Å². The van der Waals surface area contributed by atoms with Gasteiger partial charge < -0.3 is 16.4 Å². The van der Waals surface area contributed by atoms with Gasteiger partial charge in [0.25, 0.3) is 11.6 Å². The first-order valence-electron chi connectivity index (χ1n) is 8.86. The molecular formula is C21H18N4O4S. The number of nitro benzene ring substituents is 1. The van der Waals surface area contributed by atoms with Crippen LogP contribution in [0.25, 0.3) is 0 Å². The van der Waals surface area contributed by atoms with Crippen LogP contribution in [0.2, 0.25) is 0 Å². The molecule has 8 nitrogen and oxygen atoms in total. The molecule has 0 spiro atoms. The molecule has 152 valence electrons. The fourth-order valence-electron chi connectivity index (χ4n) is 2.65. The smallest absolute Gasteiger partial charge is 0.293 e. The van der Waals surface area contributed by atoms with Crippen LogP contribution in [0.1, 0.15) is 10.4 Å². The monoisotopic (exact) mass is 422 g/mol. The molecule has 0 radical (unpaired) electrons. The molecule has 3 aromatic carbocycles. The Kier molecular flexibility index (Phi) is 6.66. The molecule has 0 aromatic heterocycles. The van der Waals surface area contributed by atoms with Gasteiger partial charge in [-0.2, -0.15) is 0 Å². The normalized spacial score (nSPS) is 10.3. The Morgan fingerprint density at radius 1 is 0.967 bits per heavy atom. The van der Waals surface area contributed by atoms with Gasteiger partial charge in [-0.25, -0.2) is 0 Å². The molecule has 3 rings (SSSR count). The van der Waals surface area contributed by atoms with Crippen molar-refractivity contribution in [2.75, 3.05) is 16.4 Å². The van der Waals surface area contributed by atoms with Crippen molar-refractivity contribution >= 4 is 46.3 Å². The molecule has 0 bridgehead atoms. The second kappa shape index (κ2) is 9.57. The number of thioether (sulfide) groups is 1. The number of nitro groups is 1. The number of anilines is 3. The first-order valence-corrected chi connectivity index (χ1v) is 9.84. The van der Waals surface area contributed by atoms with Gasteiger partial charge in [0.2, 0.25) is 5.91 Å². The second-order valence-electron chi connectivity index (χ2n) is 6.19. The van der Waals surface area contributed by atoms with Crippen molar-refractivity contribution in [1.29, 1.82) is 0 Å². The zero-order valence-corrected chi connectivity index (χ0v) is 16.5. The molecule has 9 heteroatoms. The lowest BCUT2D eigenvalue weighted by atomic mass is 10.1. The number of hydrogen-bond acceptors (Lipinski definition) is 6. The van der Waals surface area contributed by atoms with Crippen LogP contribution >= 0.6 is 11.8 Å². The summed E-state index contributed by atoms with van der Waals surface area (Å²) in [5.41, 5.74) is 6.55. The van der Waals surface area contributed by atoms with E-state index in [-0.39, 0.29) is 22.7 Å². The van der Waals surface area contributed by atoms with E-state index in [4.69, 9.17) is 5.73 Å². The van der Waals surface area contributed by atoms with E-state index < -0.39 is 16.7 Å². The number of nitrogens with zero attached hydrogens (tertiary/aromatic N) is 1. The third-order valence-corrected chi connectivity index (χ3v) is 5.11. The Bertz CT molecular complexity index is 1090. The van der Waals surface area contributed by atoms with Gasteiger partial charge in [0.15, 0.2) is 0 Å². The Morgan fingerprint density at radius 2 is 1.67 bits per heavy atom. The number of hydrogen-bond donors (Lipinski definition) is 3. The third-order valence-electron chi connectivity index (χ3n) is 4.01. The van der Waals surface area contributed by atoms with Crippen LogP contribution in [0.5, 0.6) is 0 Å². The first-order chi connectivity index (χ1) is 14.4. The molecule has 4 N–H and O–H groups in total. The molecule has 3 aromatic rings. The maximum atomic E-state index is 12.7. The van der Waals surface area contributed by atoms with E-state index in [0.717, 1.165) is 0 Å². The zero-order chi connectivity index (χ0) is 21.5. The number of nitrogens with two attached hydrogens (primary N) is 1. The van der Waals surface area contributed by atoms with Gasteiger partial charge in [-0.15, -0.1) is 11.8 Å². The van der Waals surface area contributed by atoms with Crippen molar-refractivity contribution < 1.29 is 14.5 Å². The molecule has 0 saturated carbocycles. The van der Waals surface area contributed by atoms with Crippen LogP contribution in [-0.2, 0) is 4.79 Å². The van der Waals surface area contributed by atoms with Gasteiger partial charge in [0.05, 0.1) is 16.4 Å². The van der Waals surface area contributed by atoms with E-state index in [1.165, 1.54) is 30.0 Å². The minimum atomic E-state index is -0.543. The SMILES string of the molecule is NC(=O)CSc1ccccc1NC(=O)c1ccc(Nc2ccccc2)c([N+](=O)[O-])c1. The average Bonchev–Trinajstić information content (AvgIpc) is 2.74. The minimum absolute atomic E-state index is 0.0677. The number of amides is 2. The van der Waals surface area contributed by atoms with Crippen LogP contribution in [0.4, 0.5) is 22.7 Å². The van der Waals surface area contributed by atoms with Crippen molar-refractivity contribution in [3.05, 3.63) is 88.5 Å². The molecule has 0 unspecified atom stereocenters. The molecule has 0 heterocycles. The highest BCUT2D eigenvalue weighted by Gasteiger charge is 2.18. The van der Waals surface area contributed by atoms with Gasteiger partial charge >= 0.3 is 0 Å². The third kappa shape index (κ3) is 5.36. The number of primary amides is 1. The Morgan fingerprint density at radius 3 is 2.37 bits per heavy atom. The molecule has 0 fully saturated rings. The highest BCUT2D eigenvalue weighted by molar-refractivity contribution is 8.00. The Hall–Kier alpha value is -3.85.